The van der Waals surface area contributed by atoms with Gasteiger partial charge in [0.15, 0.2) is 17.3 Å². The van der Waals surface area contributed by atoms with Gasteiger partial charge in [-0.3, -0.25) is 10.2 Å². The van der Waals surface area contributed by atoms with Gasteiger partial charge in [-0.15, -0.1) is 0 Å². The summed E-state index contributed by atoms with van der Waals surface area (Å²) in [5.74, 6) is -4.22. The third-order valence-electron chi connectivity index (χ3n) is 2.91. The lowest BCUT2D eigenvalue weighted by Gasteiger charge is -2.08. The van der Waals surface area contributed by atoms with Gasteiger partial charge in [0, 0.05) is 5.56 Å². The number of halogens is 4. The summed E-state index contributed by atoms with van der Waals surface area (Å²) in [6.45, 7) is 0. The monoisotopic (exact) mass is 444 g/mol. The van der Waals surface area contributed by atoms with Crippen molar-refractivity contribution in [1.82, 2.24) is 0 Å². The second-order valence-corrected chi connectivity index (χ2v) is 5.63. The van der Waals surface area contributed by atoms with E-state index in [2.05, 4.69) is 10.5 Å². The predicted octanol–water partition coefficient (Wildman–Crippen LogP) is 2.88. The molecule has 2 rings (SSSR count). The van der Waals surface area contributed by atoms with E-state index in [0.717, 1.165) is 18.2 Å². The van der Waals surface area contributed by atoms with Crippen LogP contribution < -0.4 is 11.2 Å². The fourth-order valence-electron chi connectivity index (χ4n) is 1.76. The summed E-state index contributed by atoms with van der Waals surface area (Å²) in [5.41, 5.74) is 6.47. The Bertz CT molecular complexity index is 893. The van der Waals surface area contributed by atoms with Crippen LogP contribution in [-0.4, -0.2) is 11.6 Å². The molecule has 0 heterocycles. The average molecular weight is 444 g/mol. The first-order chi connectivity index (χ1) is 11.3. The van der Waals surface area contributed by atoms with Crippen LogP contribution in [0.2, 0.25) is 0 Å². The Labute approximate surface area is 148 Å². The Morgan fingerprint density at radius 2 is 1.92 bits per heavy atom. The summed E-state index contributed by atoms with van der Waals surface area (Å²) in [4.78, 5) is 11.5. The molecule has 0 aliphatic rings. The van der Waals surface area contributed by atoms with E-state index < -0.39 is 34.6 Å². The maximum Gasteiger partial charge on any atom is 0.269 e. The van der Waals surface area contributed by atoms with Crippen LogP contribution in [-0.2, 0) is 4.79 Å². The molecule has 0 aromatic heterocycles. The zero-order chi connectivity index (χ0) is 17.9. The molecule has 0 radical (unpaired) electrons. The van der Waals surface area contributed by atoms with Crippen LogP contribution in [0.15, 0.2) is 35.4 Å². The van der Waals surface area contributed by atoms with Crippen LogP contribution in [0, 0.1) is 32.4 Å². The van der Waals surface area contributed by atoms with E-state index in [-0.39, 0.29) is 14.8 Å². The third kappa shape index (κ3) is 3.65. The average Bonchev–Trinajstić information content (AvgIpc) is 2.55. The standard InChI is InChI=1S/C15H8F3IN4O/c16-10-3-1-8(5-7(10)6-20)22-23-14(15(21)24)9-2-4-11(19)13(18)12(9)17/h1-5,22H,(H2,21,24). The Balaban J connectivity index is 2.42. The largest absolute Gasteiger partial charge is 0.364 e. The van der Waals surface area contributed by atoms with Crippen molar-refractivity contribution in [3.63, 3.8) is 0 Å². The molecule has 1 amide bonds. The van der Waals surface area contributed by atoms with Crippen LogP contribution >= 0.6 is 22.6 Å². The fraction of sp³-hybridized carbons (Fsp3) is 0. The second-order valence-electron chi connectivity index (χ2n) is 4.47. The summed E-state index contributed by atoms with van der Waals surface area (Å²) in [5, 5.41) is 12.4. The molecule has 0 saturated carbocycles. The van der Waals surface area contributed by atoms with Crippen molar-refractivity contribution < 1.29 is 18.0 Å². The molecule has 0 aliphatic carbocycles. The Morgan fingerprint density at radius 1 is 1.21 bits per heavy atom. The zero-order valence-electron chi connectivity index (χ0n) is 11.8. The number of nitrogens with one attached hydrogen (secondary N) is 1. The third-order valence-corrected chi connectivity index (χ3v) is 3.74. The van der Waals surface area contributed by atoms with Crippen molar-refractivity contribution in [2.45, 2.75) is 0 Å². The molecule has 0 fully saturated rings. The van der Waals surface area contributed by atoms with Gasteiger partial charge in [-0.1, -0.05) is 0 Å². The molecule has 0 bridgehead atoms. The van der Waals surface area contributed by atoms with Gasteiger partial charge < -0.3 is 5.73 Å². The van der Waals surface area contributed by atoms with Gasteiger partial charge >= 0.3 is 0 Å². The SMILES string of the molecule is N#Cc1cc(NN=C(C(N)=O)c2ccc(I)c(F)c2F)ccc1F. The van der Waals surface area contributed by atoms with Crippen LogP contribution in [0.1, 0.15) is 11.1 Å². The number of nitrogens with zero attached hydrogens (tertiary/aromatic N) is 2. The zero-order valence-corrected chi connectivity index (χ0v) is 13.9. The molecule has 0 aliphatic heterocycles. The number of primary amides is 1. The molecule has 3 N–H and O–H groups in total. The molecule has 0 unspecified atom stereocenters. The van der Waals surface area contributed by atoms with Crippen molar-refractivity contribution in [3.05, 3.63) is 62.5 Å². The molecule has 9 heteroatoms. The summed E-state index contributed by atoms with van der Waals surface area (Å²) in [6, 6.07) is 7.47. The van der Waals surface area contributed by atoms with Gasteiger partial charge in [0.1, 0.15) is 11.9 Å². The van der Waals surface area contributed by atoms with Crippen molar-refractivity contribution in [1.29, 1.82) is 5.26 Å². The highest BCUT2D eigenvalue weighted by Gasteiger charge is 2.20. The first-order valence-corrected chi connectivity index (χ1v) is 7.40. The van der Waals surface area contributed by atoms with Gasteiger partial charge in [-0.05, 0) is 52.9 Å². The number of carbonyl (C=O) groups is 1. The van der Waals surface area contributed by atoms with Crippen molar-refractivity contribution in [2.75, 3.05) is 5.43 Å². The number of carbonyl (C=O) groups excluding carboxylic acids is 1. The lowest BCUT2D eigenvalue weighted by atomic mass is 10.1. The van der Waals surface area contributed by atoms with E-state index in [4.69, 9.17) is 11.0 Å². The first kappa shape index (κ1) is 17.7. The molecule has 0 saturated heterocycles. The van der Waals surface area contributed by atoms with Crippen molar-refractivity contribution in [2.24, 2.45) is 10.8 Å². The molecule has 122 valence electrons. The molecule has 2 aromatic rings. The van der Waals surface area contributed by atoms with Crippen LogP contribution in [0.4, 0.5) is 18.9 Å². The van der Waals surface area contributed by atoms with E-state index in [1.165, 1.54) is 12.1 Å². The van der Waals surface area contributed by atoms with Gasteiger partial charge in [0.05, 0.1) is 14.8 Å². The van der Waals surface area contributed by atoms with Crippen LogP contribution in [0.25, 0.3) is 0 Å². The Morgan fingerprint density at radius 3 is 2.54 bits per heavy atom. The molecule has 24 heavy (non-hydrogen) atoms. The summed E-state index contributed by atoms with van der Waals surface area (Å²) < 4.78 is 40.9. The van der Waals surface area contributed by atoms with Gasteiger partial charge in [0.25, 0.3) is 5.91 Å². The second kappa shape index (κ2) is 7.31. The smallest absolute Gasteiger partial charge is 0.269 e. The van der Waals surface area contributed by atoms with Crippen LogP contribution in [0.3, 0.4) is 0 Å². The van der Waals surface area contributed by atoms with Gasteiger partial charge in [0.2, 0.25) is 0 Å². The normalized spacial score (nSPS) is 11.0. The van der Waals surface area contributed by atoms with E-state index >= 15 is 0 Å². The number of rotatable bonds is 4. The van der Waals surface area contributed by atoms with Crippen LogP contribution in [0.5, 0.6) is 0 Å². The molecule has 2 aromatic carbocycles. The number of hydrogen-bond donors (Lipinski definition) is 2. The van der Waals surface area contributed by atoms with Crippen molar-refractivity contribution in [3.8, 4) is 6.07 Å². The van der Waals surface area contributed by atoms with Crippen molar-refractivity contribution >= 4 is 39.9 Å². The summed E-state index contributed by atoms with van der Waals surface area (Å²) >= 11 is 1.60. The number of nitrogens with two attached hydrogens (primary N) is 1. The Hall–Kier alpha value is -2.61. The number of nitriles is 1. The minimum atomic E-state index is -1.27. The molecular weight excluding hydrogens is 436 g/mol. The minimum Gasteiger partial charge on any atom is -0.364 e. The number of amides is 1. The lowest BCUT2D eigenvalue weighted by molar-refractivity contribution is -0.111. The highest BCUT2D eigenvalue weighted by atomic mass is 127. The number of benzene rings is 2. The van der Waals surface area contributed by atoms with E-state index in [1.807, 2.05) is 0 Å². The lowest BCUT2D eigenvalue weighted by Crippen LogP contribution is -2.26. The summed E-state index contributed by atoms with van der Waals surface area (Å²) in [7, 11) is 0. The minimum absolute atomic E-state index is 0.0304. The Kier molecular flexibility index (Phi) is 5.40. The number of hydrogen-bond acceptors (Lipinski definition) is 4. The van der Waals surface area contributed by atoms with E-state index in [9.17, 15) is 18.0 Å². The topological polar surface area (TPSA) is 91.3 Å². The first-order valence-electron chi connectivity index (χ1n) is 6.32. The number of anilines is 1. The van der Waals surface area contributed by atoms with E-state index in [1.54, 1.807) is 28.7 Å². The quantitative estimate of drug-likeness (QED) is 0.329. The highest BCUT2D eigenvalue weighted by Crippen LogP contribution is 2.19. The molecular formula is C15H8F3IN4O. The maximum atomic E-state index is 14.0. The van der Waals surface area contributed by atoms with Gasteiger partial charge in [-0.25, -0.2) is 13.2 Å². The fourth-order valence-corrected chi connectivity index (χ4v) is 2.17. The summed E-state index contributed by atoms with van der Waals surface area (Å²) in [6.07, 6.45) is 0. The number of hydrazone groups is 1. The van der Waals surface area contributed by atoms with E-state index in [0.29, 0.717) is 0 Å². The molecule has 0 atom stereocenters. The molecule has 5 nitrogen and oxygen atoms in total. The predicted molar refractivity (Wildman–Crippen MR) is 89.5 cm³/mol. The highest BCUT2D eigenvalue weighted by molar-refractivity contribution is 14.1. The maximum absolute atomic E-state index is 14.0. The molecule has 0 spiro atoms. The van der Waals surface area contributed by atoms with Gasteiger partial charge in [-0.2, -0.15) is 10.4 Å².